The molecule has 2 aliphatic rings. The van der Waals surface area contributed by atoms with Crippen LogP contribution in [0.3, 0.4) is 0 Å². The van der Waals surface area contributed by atoms with Crippen LogP contribution in [0.5, 0.6) is 0 Å². The van der Waals surface area contributed by atoms with Gasteiger partial charge in [-0.2, -0.15) is 0 Å². The average Bonchev–Trinajstić information content (AvgIpc) is 3.69. The number of imidazole rings is 2. The van der Waals surface area contributed by atoms with Gasteiger partial charge in [-0.3, -0.25) is 8.61 Å². The summed E-state index contributed by atoms with van der Waals surface area (Å²) in [5.74, 6) is 1.50. The van der Waals surface area contributed by atoms with E-state index in [1.54, 1.807) is 18.7 Å². The lowest BCUT2D eigenvalue weighted by molar-refractivity contribution is 0.437. The number of fused-ring (bicyclic) bond motifs is 2. The highest BCUT2D eigenvalue weighted by atomic mass is 32.2. The Balaban J connectivity index is 0.000000221. The second-order valence-corrected chi connectivity index (χ2v) is 14.7. The van der Waals surface area contributed by atoms with Gasteiger partial charge in [0.25, 0.3) is 0 Å². The van der Waals surface area contributed by atoms with Crippen LogP contribution >= 0.6 is 0 Å². The fourth-order valence-corrected chi connectivity index (χ4v) is 7.74. The van der Waals surface area contributed by atoms with Gasteiger partial charge in [-0.15, -0.1) is 0 Å². The van der Waals surface area contributed by atoms with Gasteiger partial charge in [0.05, 0.1) is 30.2 Å². The molecular weight excluding hydrogens is 609 g/mol. The fourth-order valence-electron chi connectivity index (χ4n) is 5.70. The summed E-state index contributed by atoms with van der Waals surface area (Å²) in [5.41, 5.74) is 3.82. The van der Waals surface area contributed by atoms with Crippen LogP contribution in [-0.2, 0) is 52.9 Å². The van der Waals surface area contributed by atoms with Crippen LogP contribution in [0.2, 0.25) is 0 Å². The highest BCUT2D eigenvalue weighted by molar-refractivity contribution is 7.92. The van der Waals surface area contributed by atoms with Crippen molar-refractivity contribution in [3.05, 3.63) is 96.6 Å². The quantitative estimate of drug-likeness (QED) is 0.283. The molecule has 0 aliphatic carbocycles. The maximum atomic E-state index is 12.1. The van der Waals surface area contributed by atoms with E-state index in [1.807, 2.05) is 105 Å². The van der Waals surface area contributed by atoms with Crippen LogP contribution in [0.4, 0.5) is 11.4 Å². The number of hydrogen-bond acceptors (Lipinski definition) is 6. The number of benzene rings is 2. The number of sulfonamides is 2. The van der Waals surface area contributed by atoms with Gasteiger partial charge < -0.3 is 9.13 Å². The van der Waals surface area contributed by atoms with Gasteiger partial charge in [0.1, 0.15) is 5.82 Å². The Morgan fingerprint density at radius 3 is 1.71 bits per heavy atom. The maximum absolute atomic E-state index is 12.1. The molecule has 0 saturated heterocycles. The average molecular weight is 657 g/mol. The summed E-state index contributed by atoms with van der Waals surface area (Å²) in [6.07, 6.45) is 14.2. The zero-order chi connectivity index (χ0) is 33.2. The van der Waals surface area contributed by atoms with E-state index in [2.05, 4.69) is 9.97 Å². The summed E-state index contributed by atoms with van der Waals surface area (Å²) < 4.78 is 55.2. The van der Waals surface area contributed by atoms with Crippen LogP contribution in [0, 0.1) is 11.8 Å². The summed E-state index contributed by atoms with van der Waals surface area (Å²) in [7, 11) is -4.53. The first-order valence-electron chi connectivity index (χ1n) is 15.5. The van der Waals surface area contributed by atoms with E-state index >= 15 is 0 Å². The van der Waals surface area contributed by atoms with Gasteiger partial charge in [-0.1, -0.05) is 64.1 Å². The number of rotatable bonds is 6. The number of anilines is 2. The molecule has 45 heavy (non-hydrogen) atoms. The van der Waals surface area contributed by atoms with Gasteiger partial charge in [-0.05, 0) is 47.9 Å². The number of aryl methyl sites for hydroxylation is 1. The fraction of sp³-hybridized carbons (Fsp3) is 0.455. The third kappa shape index (κ3) is 9.43. The standard InChI is InChI=1S/C15H19N3O2S.C14H17N3O2S.2C2H6/c1-17-8-7-16-15(17)10-12-9-13-5-3-4-6-14(13)18(11-12)21(2,19)20;1-20(18,19)17-10-12(9-16-7-6-15-11-16)8-13-4-2-3-5-14(13)17;2*1-2/h3-8,12H,9-11H2,1-2H3;2-7,11-12H,8-10H2,1H3;2*1-2H3/t12-;;;/m0.../s1. The van der Waals surface area contributed by atoms with E-state index in [0.29, 0.717) is 13.1 Å². The lowest BCUT2D eigenvalue weighted by atomic mass is 9.91. The van der Waals surface area contributed by atoms with E-state index in [-0.39, 0.29) is 11.8 Å². The van der Waals surface area contributed by atoms with Crippen molar-refractivity contribution in [3.63, 3.8) is 0 Å². The van der Waals surface area contributed by atoms with E-state index in [9.17, 15) is 16.8 Å². The van der Waals surface area contributed by atoms with Gasteiger partial charge in [0.15, 0.2) is 0 Å². The first kappa shape index (κ1) is 35.8. The van der Waals surface area contributed by atoms with E-state index < -0.39 is 20.0 Å². The Morgan fingerprint density at radius 1 is 0.733 bits per heavy atom. The molecule has 0 fully saturated rings. The molecule has 1 unspecified atom stereocenters. The Hall–Kier alpha value is -3.64. The minimum absolute atomic E-state index is 0.246. The molecule has 6 rings (SSSR count). The third-order valence-electron chi connectivity index (χ3n) is 7.61. The summed E-state index contributed by atoms with van der Waals surface area (Å²) in [4.78, 5) is 8.38. The molecule has 0 amide bonds. The van der Waals surface area contributed by atoms with Crippen LogP contribution in [0.1, 0.15) is 44.6 Å². The molecule has 0 bridgehead atoms. The SMILES string of the molecule is CC.CC.CS(=O)(=O)N1CC(Cn2ccnc2)Cc2ccccc21.Cn1ccnc1C[C@@H]1Cc2ccccc2N(S(C)(=O)=O)C1. The van der Waals surface area contributed by atoms with Crippen LogP contribution < -0.4 is 8.61 Å². The molecular formula is C33H48N6O4S2. The zero-order valence-corrected chi connectivity index (χ0v) is 29.2. The molecule has 0 radical (unpaired) electrons. The Bertz CT molecular complexity index is 1700. The molecule has 2 aromatic carbocycles. The number of hydrogen-bond donors (Lipinski definition) is 0. The summed E-state index contributed by atoms with van der Waals surface area (Å²) in [6, 6.07) is 15.5. The maximum Gasteiger partial charge on any atom is 0.232 e. The van der Waals surface area contributed by atoms with Crippen molar-refractivity contribution >= 4 is 31.4 Å². The predicted molar refractivity (Wildman–Crippen MR) is 183 cm³/mol. The minimum atomic E-state index is -3.26. The van der Waals surface area contributed by atoms with Gasteiger partial charge in [0.2, 0.25) is 20.0 Å². The smallest absolute Gasteiger partial charge is 0.232 e. The largest absolute Gasteiger partial charge is 0.338 e. The van der Waals surface area contributed by atoms with E-state index in [4.69, 9.17) is 0 Å². The normalized spacial score (nSPS) is 17.3. The first-order valence-corrected chi connectivity index (χ1v) is 19.2. The van der Waals surface area contributed by atoms with Crippen molar-refractivity contribution in [1.29, 1.82) is 0 Å². The van der Waals surface area contributed by atoms with E-state index in [1.165, 1.54) is 21.1 Å². The Kier molecular flexibility index (Phi) is 12.8. The minimum Gasteiger partial charge on any atom is -0.338 e. The lowest BCUT2D eigenvalue weighted by Gasteiger charge is -2.34. The van der Waals surface area contributed by atoms with Gasteiger partial charge in [0, 0.05) is 57.9 Å². The molecule has 2 atom stereocenters. The Morgan fingerprint density at radius 2 is 1.24 bits per heavy atom. The molecule has 0 spiro atoms. The molecule has 2 aromatic heterocycles. The molecule has 0 saturated carbocycles. The molecule has 2 aliphatic heterocycles. The van der Waals surface area contributed by atoms with Crippen LogP contribution in [0.15, 0.2) is 79.6 Å². The number of nitrogens with zero attached hydrogens (tertiary/aromatic N) is 6. The van der Waals surface area contributed by atoms with E-state index in [0.717, 1.165) is 54.1 Å². The van der Waals surface area contributed by atoms with Crippen molar-refractivity contribution in [1.82, 2.24) is 19.1 Å². The third-order valence-corrected chi connectivity index (χ3v) is 9.90. The van der Waals surface area contributed by atoms with Crippen molar-refractivity contribution in [2.24, 2.45) is 18.9 Å². The van der Waals surface area contributed by atoms with Gasteiger partial charge >= 0.3 is 0 Å². The van der Waals surface area contributed by atoms with Gasteiger partial charge in [-0.25, -0.2) is 26.8 Å². The summed E-state index contributed by atoms with van der Waals surface area (Å²) in [6.45, 7) is 9.82. The predicted octanol–water partition coefficient (Wildman–Crippen LogP) is 5.18. The number of para-hydroxylation sites is 2. The summed E-state index contributed by atoms with van der Waals surface area (Å²) >= 11 is 0. The molecule has 12 heteroatoms. The summed E-state index contributed by atoms with van der Waals surface area (Å²) in [5, 5.41) is 0. The van der Waals surface area contributed by atoms with Crippen molar-refractivity contribution in [3.8, 4) is 0 Å². The first-order chi connectivity index (χ1) is 21.5. The second kappa shape index (κ2) is 16.1. The molecule has 246 valence electrons. The Labute approximate surface area is 269 Å². The monoisotopic (exact) mass is 656 g/mol. The lowest BCUT2D eigenvalue weighted by Crippen LogP contribution is -2.40. The van der Waals surface area contributed by atoms with Crippen LogP contribution in [0.25, 0.3) is 0 Å². The molecule has 0 N–H and O–H groups in total. The highest BCUT2D eigenvalue weighted by Gasteiger charge is 2.31. The topological polar surface area (TPSA) is 110 Å². The molecule has 4 heterocycles. The van der Waals surface area contributed by atoms with Crippen molar-refractivity contribution < 1.29 is 16.8 Å². The second-order valence-electron chi connectivity index (χ2n) is 10.9. The molecule has 10 nitrogen and oxygen atoms in total. The zero-order valence-electron chi connectivity index (χ0n) is 27.5. The van der Waals surface area contributed by atoms with Crippen LogP contribution in [-0.4, -0.2) is 61.5 Å². The highest BCUT2D eigenvalue weighted by Crippen LogP contribution is 2.33. The van der Waals surface area contributed by atoms with Crippen molar-refractivity contribution in [2.75, 3.05) is 34.2 Å². The molecule has 4 aromatic rings. The number of aromatic nitrogens is 4. The van der Waals surface area contributed by atoms with Crippen molar-refractivity contribution in [2.45, 2.75) is 53.5 Å².